The zero-order valence-corrected chi connectivity index (χ0v) is 9.88. The molecule has 0 aliphatic carbocycles. The molecule has 2 heterocycles. The van der Waals surface area contributed by atoms with Gasteiger partial charge in [0.2, 0.25) is 0 Å². The fraction of sp³-hybridized carbons (Fsp3) is 0.417. The van der Waals surface area contributed by atoms with Crippen molar-refractivity contribution in [3.63, 3.8) is 0 Å². The summed E-state index contributed by atoms with van der Waals surface area (Å²) in [4.78, 5) is 0. The van der Waals surface area contributed by atoms with Crippen LogP contribution in [0.4, 0.5) is 0 Å². The van der Waals surface area contributed by atoms with E-state index in [9.17, 15) is 5.11 Å². The van der Waals surface area contributed by atoms with Gasteiger partial charge >= 0.3 is 0 Å². The largest absolute Gasteiger partial charge is 0.387 e. The first-order valence-corrected chi connectivity index (χ1v) is 5.40. The number of aliphatic hydroxyl groups excluding tert-OH is 1. The number of aliphatic hydroxyl groups is 1. The minimum absolute atomic E-state index is 0.440. The topological polar surface area (TPSA) is 43.0 Å². The molecule has 0 spiro atoms. The first-order chi connectivity index (χ1) is 7.58. The van der Waals surface area contributed by atoms with Gasteiger partial charge in [-0.3, -0.25) is 4.68 Å². The molecule has 2 aromatic rings. The standard InChI is InChI=1S/C12H17N3O/c1-9-7-11(14(3)13-9)8-15-6-4-5-12(15)10(2)16/h4-7,10,16H,8H2,1-3H3. The molecular formula is C12H17N3O. The van der Waals surface area contributed by atoms with Crippen LogP contribution in [0.25, 0.3) is 0 Å². The third-order valence-electron chi connectivity index (χ3n) is 2.72. The molecule has 0 aliphatic rings. The molecule has 86 valence electrons. The van der Waals surface area contributed by atoms with Crippen LogP contribution in [0, 0.1) is 6.92 Å². The maximum atomic E-state index is 9.60. The Kier molecular flexibility index (Phi) is 2.83. The van der Waals surface area contributed by atoms with Gasteiger partial charge in [-0.05, 0) is 32.0 Å². The average Bonchev–Trinajstić information content (AvgIpc) is 2.75. The summed E-state index contributed by atoms with van der Waals surface area (Å²) < 4.78 is 3.92. The third kappa shape index (κ3) is 2.02. The molecule has 1 N–H and O–H groups in total. The molecule has 0 saturated heterocycles. The summed E-state index contributed by atoms with van der Waals surface area (Å²) in [5.41, 5.74) is 3.08. The lowest BCUT2D eigenvalue weighted by molar-refractivity contribution is 0.189. The quantitative estimate of drug-likeness (QED) is 0.852. The van der Waals surface area contributed by atoms with E-state index in [1.807, 2.05) is 41.5 Å². The number of aryl methyl sites for hydroxylation is 2. The number of rotatable bonds is 3. The lowest BCUT2D eigenvalue weighted by Crippen LogP contribution is -2.09. The van der Waals surface area contributed by atoms with E-state index in [4.69, 9.17) is 0 Å². The van der Waals surface area contributed by atoms with Crippen molar-refractivity contribution in [3.05, 3.63) is 41.5 Å². The van der Waals surface area contributed by atoms with Crippen molar-refractivity contribution in [1.82, 2.24) is 14.3 Å². The van der Waals surface area contributed by atoms with Gasteiger partial charge in [0.15, 0.2) is 0 Å². The Labute approximate surface area is 95.1 Å². The molecule has 0 amide bonds. The van der Waals surface area contributed by atoms with Crippen molar-refractivity contribution in [2.24, 2.45) is 7.05 Å². The zero-order valence-electron chi connectivity index (χ0n) is 9.88. The van der Waals surface area contributed by atoms with Crippen LogP contribution in [-0.2, 0) is 13.6 Å². The van der Waals surface area contributed by atoms with Gasteiger partial charge in [0.25, 0.3) is 0 Å². The van der Waals surface area contributed by atoms with Gasteiger partial charge in [-0.1, -0.05) is 0 Å². The molecule has 4 heteroatoms. The highest BCUT2D eigenvalue weighted by Crippen LogP contribution is 2.15. The van der Waals surface area contributed by atoms with Crippen LogP contribution < -0.4 is 0 Å². The van der Waals surface area contributed by atoms with Gasteiger partial charge in [-0.25, -0.2) is 0 Å². The van der Waals surface area contributed by atoms with E-state index in [0.29, 0.717) is 0 Å². The zero-order chi connectivity index (χ0) is 11.7. The second-order valence-corrected chi connectivity index (χ2v) is 4.14. The molecule has 0 fully saturated rings. The Balaban J connectivity index is 2.27. The average molecular weight is 219 g/mol. The van der Waals surface area contributed by atoms with Crippen molar-refractivity contribution in [3.8, 4) is 0 Å². The summed E-state index contributed by atoms with van der Waals surface area (Å²) in [7, 11) is 1.94. The van der Waals surface area contributed by atoms with Crippen LogP contribution in [0.1, 0.15) is 30.1 Å². The fourth-order valence-electron chi connectivity index (χ4n) is 1.94. The van der Waals surface area contributed by atoms with Crippen molar-refractivity contribution in [1.29, 1.82) is 0 Å². The highest BCUT2D eigenvalue weighted by molar-refractivity contribution is 5.14. The summed E-state index contributed by atoms with van der Waals surface area (Å²) in [6, 6.07) is 5.95. The Hall–Kier alpha value is -1.55. The third-order valence-corrected chi connectivity index (χ3v) is 2.72. The van der Waals surface area contributed by atoms with Gasteiger partial charge in [0.05, 0.1) is 24.0 Å². The first-order valence-electron chi connectivity index (χ1n) is 5.40. The Morgan fingerprint density at radius 1 is 1.50 bits per heavy atom. The van der Waals surface area contributed by atoms with Gasteiger partial charge < -0.3 is 9.67 Å². The maximum absolute atomic E-state index is 9.60. The van der Waals surface area contributed by atoms with Gasteiger partial charge in [0, 0.05) is 18.9 Å². The minimum Gasteiger partial charge on any atom is -0.387 e. The molecule has 0 saturated carbocycles. The summed E-state index contributed by atoms with van der Waals surface area (Å²) in [5.74, 6) is 0. The van der Waals surface area contributed by atoms with E-state index in [-0.39, 0.29) is 0 Å². The molecule has 16 heavy (non-hydrogen) atoms. The van der Waals surface area contributed by atoms with Crippen molar-refractivity contribution < 1.29 is 5.11 Å². The van der Waals surface area contributed by atoms with Crippen molar-refractivity contribution >= 4 is 0 Å². The Morgan fingerprint density at radius 2 is 2.25 bits per heavy atom. The smallest absolute Gasteiger partial charge is 0.0911 e. The number of hydrogen-bond donors (Lipinski definition) is 1. The molecule has 1 atom stereocenters. The first kappa shape index (κ1) is 11.0. The summed E-state index contributed by atoms with van der Waals surface area (Å²) in [6.07, 6.45) is 1.54. The van der Waals surface area contributed by atoms with Crippen molar-refractivity contribution in [2.45, 2.75) is 26.5 Å². The predicted molar refractivity (Wildman–Crippen MR) is 62.1 cm³/mol. The molecule has 2 aromatic heterocycles. The highest BCUT2D eigenvalue weighted by atomic mass is 16.3. The lowest BCUT2D eigenvalue weighted by atomic mass is 10.3. The highest BCUT2D eigenvalue weighted by Gasteiger charge is 2.09. The van der Waals surface area contributed by atoms with E-state index in [0.717, 1.165) is 23.6 Å². The Bertz CT molecular complexity index is 482. The lowest BCUT2D eigenvalue weighted by Gasteiger charge is -2.11. The Morgan fingerprint density at radius 3 is 2.81 bits per heavy atom. The van der Waals surface area contributed by atoms with Crippen LogP contribution in [0.5, 0.6) is 0 Å². The number of aromatic nitrogens is 3. The summed E-state index contributed by atoms with van der Waals surface area (Å²) >= 11 is 0. The second kappa shape index (κ2) is 4.14. The van der Waals surface area contributed by atoms with Crippen LogP contribution in [0.2, 0.25) is 0 Å². The van der Waals surface area contributed by atoms with Gasteiger partial charge in [0.1, 0.15) is 0 Å². The van der Waals surface area contributed by atoms with E-state index < -0.39 is 6.10 Å². The predicted octanol–water partition coefficient (Wildman–Crippen LogP) is 1.63. The summed E-state index contributed by atoms with van der Waals surface area (Å²) in [5, 5.41) is 13.9. The number of hydrogen-bond acceptors (Lipinski definition) is 2. The molecular weight excluding hydrogens is 202 g/mol. The van der Waals surface area contributed by atoms with Crippen LogP contribution in [-0.4, -0.2) is 19.5 Å². The monoisotopic (exact) mass is 219 g/mol. The van der Waals surface area contributed by atoms with E-state index in [1.165, 1.54) is 0 Å². The van der Waals surface area contributed by atoms with Gasteiger partial charge in [-0.2, -0.15) is 5.10 Å². The molecule has 0 aromatic carbocycles. The molecule has 0 radical (unpaired) electrons. The molecule has 0 aliphatic heterocycles. The van der Waals surface area contributed by atoms with Crippen LogP contribution in [0.15, 0.2) is 24.4 Å². The van der Waals surface area contributed by atoms with Crippen LogP contribution in [0.3, 0.4) is 0 Å². The van der Waals surface area contributed by atoms with E-state index >= 15 is 0 Å². The van der Waals surface area contributed by atoms with Gasteiger partial charge in [-0.15, -0.1) is 0 Å². The van der Waals surface area contributed by atoms with Crippen LogP contribution >= 0.6 is 0 Å². The molecule has 4 nitrogen and oxygen atoms in total. The van der Waals surface area contributed by atoms with E-state index in [2.05, 4.69) is 11.2 Å². The molecule has 0 bridgehead atoms. The maximum Gasteiger partial charge on any atom is 0.0911 e. The van der Waals surface area contributed by atoms with Crippen molar-refractivity contribution in [2.75, 3.05) is 0 Å². The molecule has 2 rings (SSSR count). The fourth-order valence-corrected chi connectivity index (χ4v) is 1.94. The SMILES string of the molecule is Cc1cc(Cn2cccc2C(C)O)n(C)n1. The summed E-state index contributed by atoms with van der Waals surface area (Å²) in [6.45, 7) is 4.50. The molecule has 1 unspecified atom stereocenters. The normalized spacial score (nSPS) is 13.0. The second-order valence-electron chi connectivity index (χ2n) is 4.14. The van der Waals surface area contributed by atoms with E-state index in [1.54, 1.807) is 6.92 Å². The minimum atomic E-state index is -0.440. The number of nitrogens with zero attached hydrogens (tertiary/aromatic N) is 3.